The molecule has 2 rings (SSSR count). The molecule has 0 amide bonds. The molecule has 1 N–H and O–H groups in total. The maximum atomic E-state index is 12.5. The van der Waals surface area contributed by atoms with Crippen LogP contribution in [-0.4, -0.2) is 5.11 Å². The average molecular weight is 345 g/mol. The second-order valence-corrected chi connectivity index (χ2v) is 5.44. The molecule has 0 radical (unpaired) electrons. The number of aliphatic hydroxyl groups is 1. The molecule has 2 aromatic carbocycles. The second-order valence-electron chi connectivity index (χ2n) is 4.52. The van der Waals surface area contributed by atoms with E-state index in [1.165, 1.54) is 12.1 Å². The summed E-state index contributed by atoms with van der Waals surface area (Å²) >= 11 is 3.31. The third-order valence-electron chi connectivity index (χ3n) is 3.09. The summed E-state index contributed by atoms with van der Waals surface area (Å²) in [6.07, 6.45) is -5.32. The fraction of sp³-hybridized carbons (Fsp3) is 0.200. The molecule has 0 aliphatic heterocycles. The van der Waals surface area contributed by atoms with Gasteiger partial charge >= 0.3 is 6.18 Å². The van der Waals surface area contributed by atoms with Gasteiger partial charge in [-0.3, -0.25) is 0 Å². The molecule has 20 heavy (non-hydrogen) atoms. The molecule has 0 aliphatic carbocycles. The molecule has 106 valence electrons. The van der Waals surface area contributed by atoms with Crippen molar-refractivity contribution in [3.05, 3.63) is 69.2 Å². The Morgan fingerprint density at radius 1 is 1.05 bits per heavy atom. The van der Waals surface area contributed by atoms with Gasteiger partial charge < -0.3 is 5.11 Å². The lowest BCUT2D eigenvalue weighted by molar-refractivity contribution is -0.137. The van der Waals surface area contributed by atoms with Gasteiger partial charge in [-0.15, -0.1) is 0 Å². The molecule has 0 saturated carbocycles. The maximum Gasteiger partial charge on any atom is 0.416 e. The topological polar surface area (TPSA) is 20.2 Å². The normalized spacial score (nSPS) is 13.3. The Bertz CT molecular complexity index is 606. The van der Waals surface area contributed by atoms with Crippen molar-refractivity contribution in [1.82, 2.24) is 0 Å². The molecule has 0 fully saturated rings. The van der Waals surface area contributed by atoms with Gasteiger partial charge in [-0.1, -0.05) is 34.1 Å². The zero-order valence-corrected chi connectivity index (χ0v) is 12.2. The second kappa shape index (κ2) is 5.58. The number of aryl methyl sites for hydroxylation is 1. The van der Waals surface area contributed by atoms with Gasteiger partial charge in [0, 0.05) is 4.47 Å². The third kappa shape index (κ3) is 3.22. The summed E-state index contributed by atoms with van der Waals surface area (Å²) in [6.45, 7) is 1.84. The van der Waals surface area contributed by atoms with Crippen molar-refractivity contribution >= 4 is 15.9 Å². The van der Waals surface area contributed by atoms with Crippen LogP contribution in [0.25, 0.3) is 0 Å². The van der Waals surface area contributed by atoms with E-state index >= 15 is 0 Å². The molecule has 1 atom stereocenters. The molecule has 1 unspecified atom stereocenters. The van der Waals surface area contributed by atoms with E-state index in [4.69, 9.17) is 0 Å². The Balaban J connectivity index is 2.34. The number of hydrogen-bond donors (Lipinski definition) is 1. The minimum absolute atomic E-state index is 0.430. The van der Waals surface area contributed by atoms with Crippen molar-refractivity contribution in [2.75, 3.05) is 0 Å². The summed E-state index contributed by atoms with van der Waals surface area (Å²) in [6, 6.07) is 10.0. The van der Waals surface area contributed by atoms with Crippen molar-refractivity contribution in [2.24, 2.45) is 0 Å². The van der Waals surface area contributed by atoms with Crippen LogP contribution in [0.2, 0.25) is 0 Å². The minimum Gasteiger partial charge on any atom is -0.384 e. The molecule has 1 nitrogen and oxygen atoms in total. The molecule has 0 spiro atoms. The predicted octanol–water partition coefficient (Wildman–Crippen LogP) is 4.86. The van der Waals surface area contributed by atoms with Crippen molar-refractivity contribution in [3.63, 3.8) is 0 Å². The Morgan fingerprint density at radius 3 is 2.20 bits per heavy atom. The number of benzene rings is 2. The van der Waals surface area contributed by atoms with E-state index in [0.717, 1.165) is 22.2 Å². The first kappa shape index (κ1) is 15.1. The summed E-state index contributed by atoms with van der Waals surface area (Å²) < 4.78 is 38.3. The zero-order valence-electron chi connectivity index (χ0n) is 10.6. The Kier molecular flexibility index (Phi) is 4.20. The monoisotopic (exact) mass is 344 g/mol. The highest BCUT2D eigenvalue weighted by atomic mass is 79.9. The highest BCUT2D eigenvalue weighted by molar-refractivity contribution is 9.10. The van der Waals surface area contributed by atoms with Crippen LogP contribution in [0, 0.1) is 6.92 Å². The smallest absolute Gasteiger partial charge is 0.384 e. The van der Waals surface area contributed by atoms with Crippen molar-refractivity contribution in [3.8, 4) is 0 Å². The van der Waals surface area contributed by atoms with Crippen LogP contribution in [-0.2, 0) is 6.18 Å². The van der Waals surface area contributed by atoms with E-state index in [2.05, 4.69) is 15.9 Å². The van der Waals surface area contributed by atoms with Gasteiger partial charge in [-0.2, -0.15) is 13.2 Å². The van der Waals surface area contributed by atoms with E-state index in [-0.39, 0.29) is 0 Å². The molecular formula is C15H12BrF3O. The number of halogens is 4. The molecule has 0 aromatic heterocycles. The van der Waals surface area contributed by atoms with Gasteiger partial charge in [-0.25, -0.2) is 0 Å². The van der Waals surface area contributed by atoms with Crippen molar-refractivity contribution < 1.29 is 18.3 Å². The van der Waals surface area contributed by atoms with Gasteiger partial charge in [0.05, 0.1) is 5.56 Å². The van der Waals surface area contributed by atoms with Gasteiger partial charge in [0.1, 0.15) is 6.10 Å². The van der Waals surface area contributed by atoms with Crippen molar-refractivity contribution in [1.29, 1.82) is 0 Å². The van der Waals surface area contributed by atoms with Crippen LogP contribution in [0.3, 0.4) is 0 Å². The molecule has 0 bridgehead atoms. The summed E-state index contributed by atoms with van der Waals surface area (Å²) in [5, 5.41) is 10.3. The largest absolute Gasteiger partial charge is 0.416 e. The standard InChI is InChI=1S/C15H12BrF3O/c1-9-2-7-12(16)8-13(9)14(20)10-3-5-11(6-4-10)15(17,18)19/h2-8,14,20H,1H3. The number of rotatable bonds is 2. The summed E-state index contributed by atoms with van der Waals surface area (Å²) in [5.41, 5.74) is 1.25. The first-order valence-electron chi connectivity index (χ1n) is 5.90. The maximum absolute atomic E-state index is 12.5. The first-order valence-corrected chi connectivity index (χ1v) is 6.69. The van der Waals surface area contributed by atoms with Crippen molar-refractivity contribution in [2.45, 2.75) is 19.2 Å². The van der Waals surface area contributed by atoms with E-state index in [1.54, 1.807) is 6.07 Å². The van der Waals surface area contributed by atoms with Gasteiger partial charge in [0.15, 0.2) is 0 Å². The molecule has 0 aliphatic rings. The quantitative estimate of drug-likeness (QED) is 0.824. The molecule has 0 saturated heterocycles. The van der Waals surface area contributed by atoms with Crippen LogP contribution in [0.1, 0.15) is 28.4 Å². The van der Waals surface area contributed by atoms with Gasteiger partial charge in [0.25, 0.3) is 0 Å². The average Bonchev–Trinajstić information content (AvgIpc) is 2.40. The molecular weight excluding hydrogens is 333 g/mol. The Hall–Kier alpha value is -1.33. The number of alkyl halides is 3. The lowest BCUT2D eigenvalue weighted by Crippen LogP contribution is -2.06. The fourth-order valence-electron chi connectivity index (χ4n) is 1.94. The van der Waals surface area contributed by atoms with Crippen LogP contribution in [0.4, 0.5) is 13.2 Å². The van der Waals surface area contributed by atoms with E-state index in [0.29, 0.717) is 11.1 Å². The van der Waals surface area contributed by atoms with E-state index < -0.39 is 17.8 Å². The summed E-state index contributed by atoms with van der Waals surface area (Å²) in [4.78, 5) is 0. The highest BCUT2D eigenvalue weighted by Crippen LogP contribution is 2.32. The Labute approximate surface area is 123 Å². The highest BCUT2D eigenvalue weighted by Gasteiger charge is 2.30. The summed E-state index contributed by atoms with van der Waals surface area (Å²) in [7, 11) is 0. The third-order valence-corrected chi connectivity index (χ3v) is 3.58. The van der Waals surface area contributed by atoms with E-state index in [9.17, 15) is 18.3 Å². The molecule has 5 heteroatoms. The number of aliphatic hydroxyl groups excluding tert-OH is 1. The predicted molar refractivity (Wildman–Crippen MR) is 74.4 cm³/mol. The SMILES string of the molecule is Cc1ccc(Br)cc1C(O)c1ccc(C(F)(F)F)cc1. The Morgan fingerprint density at radius 2 is 1.65 bits per heavy atom. The van der Waals surface area contributed by atoms with E-state index in [1.807, 2.05) is 19.1 Å². The first-order chi connectivity index (χ1) is 9.29. The summed E-state index contributed by atoms with van der Waals surface area (Å²) in [5.74, 6) is 0. The minimum atomic E-state index is -4.37. The molecule has 2 aromatic rings. The van der Waals surface area contributed by atoms with Crippen LogP contribution >= 0.6 is 15.9 Å². The van der Waals surface area contributed by atoms with Gasteiger partial charge in [0.2, 0.25) is 0 Å². The lowest BCUT2D eigenvalue weighted by Gasteiger charge is -2.15. The van der Waals surface area contributed by atoms with Crippen LogP contribution in [0.15, 0.2) is 46.9 Å². The zero-order chi connectivity index (χ0) is 14.9. The lowest BCUT2D eigenvalue weighted by atomic mass is 9.97. The fourth-order valence-corrected chi connectivity index (χ4v) is 2.32. The van der Waals surface area contributed by atoms with Crippen LogP contribution in [0.5, 0.6) is 0 Å². The van der Waals surface area contributed by atoms with Crippen LogP contribution < -0.4 is 0 Å². The number of hydrogen-bond acceptors (Lipinski definition) is 1. The van der Waals surface area contributed by atoms with Gasteiger partial charge in [-0.05, 0) is 47.9 Å². The molecule has 0 heterocycles.